The SMILES string of the molecule is CCCc1cccc(C)c1CCNN. The van der Waals surface area contributed by atoms with Gasteiger partial charge < -0.3 is 0 Å². The highest BCUT2D eigenvalue weighted by molar-refractivity contribution is 5.34. The molecule has 0 aliphatic heterocycles. The van der Waals surface area contributed by atoms with Gasteiger partial charge in [0.15, 0.2) is 0 Å². The van der Waals surface area contributed by atoms with Crippen LogP contribution < -0.4 is 11.3 Å². The second kappa shape index (κ2) is 5.78. The van der Waals surface area contributed by atoms with Gasteiger partial charge in [-0.1, -0.05) is 31.5 Å². The number of nitrogens with one attached hydrogen (secondary N) is 1. The van der Waals surface area contributed by atoms with Crippen molar-refractivity contribution in [3.8, 4) is 0 Å². The molecule has 0 atom stereocenters. The van der Waals surface area contributed by atoms with E-state index in [1.807, 2.05) is 0 Å². The van der Waals surface area contributed by atoms with Gasteiger partial charge in [-0.3, -0.25) is 11.3 Å². The first-order valence-electron chi connectivity index (χ1n) is 5.30. The summed E-state index contributed by atoms with van der Waals surface area (Å²) in [5, 5.41) is 0. The van der Waals surface area contributed by atoms with Gasteiger partial charge in [-0.05, 0) is 36.5 Å². The molecule has 0 aliphatic rings. The highest BCUT2D eigenvalue weighted by Crippen LogP contribution is 2.16. The molecule has 1 aromatic rings. The molecule has 1 aromatic carbocycles. The van der Waals surface area contributed by atoms with Crippen molar-refractivity contribution in [1.29, 1.82) is 0 Å². The largest absolute Gasteiger partial charge is 0.271 e. The van der Waals surface area contributed by atoms with Crippen molar-refractivity contribution < 1.29 is 0 Å². The van der Waals surface area contributed by atoms with Crippen LogP contribution in [0.15, 0.2) is 18.2 Å². The molecule has 0 saturated carbocycles. The Morgan fingerprint density at radius 2 is 2.07 bits per heavy atom. The lowest BCUT2D eigenvalue weighted by Crippen LogP contribution is -2.25. The van der Waals surface area contributed by atoms with Gasteiger partial charge >= 0.3 is 0 Å². The zero-order valence-electron chi connectivity index (χ0n) is 9.14. The molecular weight excluding hydrogens is 172 g/mol. The molecule has 0 spiro atoms. The molecule has 0 radical (unpaired) electrons. The third-order valence-corrected chi connectivity index (χ3v) is 2.55. The number of hydrogen-bond donors (Lipinski definition) is 2. The highest BCUT2D eigenvalue weighted by atomic mass is 15.2. The zero-order chi connectivity index (χ0) is 10.4. The molecule has 0 fully saturated rings. The third-order valence-electron chi connectivity index (χ3n) is 2.55. The predicted molar refractivity (Wildman–Crippen MR) is 61.1 cm³/mol. The summed E-state index contributed by atoms with van der Waals surface area (Å²) in [6.45, 7) is 5.24. The lowest BCUT2D eigenvalue weighted by Gasteiger charge is -2.11. The Kier molecular flexibility index (Phi) is 4.63. The van der Waals surface area contributed by atoms with Crippen LogP contribution in [-0.4, -0.2) is 6.54 Å². The van der Waals surface area contributed by atoms with E-state index in [-0.39, 0.29) is 0 Å². The molecule has 0 aromatic heterocycles. The van der Waals surface area contributed by atoms with E-state index in [1.54, 1.807) is 0 Å². The van der Waals surface area contributed by atoms with Crippen LogP contribution in [0.25, 0.3) is 0 Å². The Bertz CT molecular complexity index is 282. The minimum atomic E-state index is 0.849. The zero-order valence-corrected chi connectivity index (χ0v) is 9.14. The van der Waals surface area contributed by atoms with Gasteiger partial charge in [0, 0.05) is 6.54 Å². The van der Waals surface area contributed by atoms with Gasteiger partial charge in [0.05, 0.1) is 0 Å². The maximum atomic E-state index is 5.30. The van der Waals surface area contributed by atoms with E-state index in [0.29, 0.717) is 0 Å². The molecular formula is C12H20N2. The van der Waals surface area contributed by atoms with Gasteiger partial charge in [-0.25, -0.2) is 0 Å². The summed E-state index contributed by atoms with van der Waals surface area (Å²) in [6, 6.07) is 6.53. The van der Waals surface area contributed by atoms with Gasteiger partial charge in [0.2, 0.25) is 0 Å². The fourth-order valence-electron chi connectivity index (χ4n) is 1.82. The molecule has 2 heteroatoms. The van der Waals surface area contributed by atoms with E-state index >= 15 is 0 Å². The van der Waals surface area contributed by atoms with E-state index in [4.69, 9.17) is 5.84 Å². The van der Waals surface area contributed by atoms with Crippen molar-refractivity contribution in [1.82, 2.24) is 5.43 Å². The third kappa shape index (κ3) is 2.82. The van der Waals surface area contributed by atoms with Crippen LogP contribution in [0.3, 0.4) is 0 Å². The van der Waals surface area contributed by atoms with Gasteiger partial charge in [-0.2, -0.15) is 0 Å². The molecule has 2 nitrogen and oxygen atoms in total. The topological polar surface area (TPSA) is 38.0 Å². The second-order valence-corrected chi connectivity index (χ2v) is 3.67. The standard InChI is InChI=1S/C12H20N2/c1-3-5-11-7-4-6-10(2)12(11)8-9-14-13/h4,6-7,14H,3,5,8-9,13H2,1-2H3. The van der Waals surface area contributed by atoms with E-state index < -0.39 is 0 Å². The quantitative estimate of drug-likeness (QED) is 0.553. The van der Waals surface area contributed by atoms with Crippen LogP contribution in [0.5, 0.6) is 0 Å². The summed E-state index contributed by atoms with van der Waals surface area (Å²) in [7, 11) is 0. The molecule has 3 N–H and O–H groups in total. The molecule has 0 unspecified atom stereocenters. The lowest BCUT2D eigenvalue weighted by atomic mass is 9.96. The van der Waals surface area contributed by atoms with E-state index in [2.05, 4.69) is 37.5 Å². The van der Waals surface area contributed by atoms with Gasteiger partial charge in [-0.15, -0.1) is 0 Å². The highest BCUT2D eigenvalue weighted by Gasteiger charge is 2.03. The molecule has 14 heavy (non-hydrogen) atoms. The molecule has 78 valence electrons. The first-order chi connectivity index (χ1) is 6.79. The van der Waals surface area contributed by atoms with Crippen LogP contribution in [-0.2, 0) is 12.8 Å². The minimum Gasteiger partial charge on any atom is -0.271 e. The van der Waals surface area contributed by atoms with E-state index in [1.165, 1.54) is 29.5 Å². The number of nitrogens with two attached hydrogens (primary N) is 1. The average molecular weight is 192 g/mol. The first-order valence-corrected chi connectivity index (χ1v) is 5.30. The maximum absolute atomic E-state index is 5.30. The Labute approximate surface area is 86.5 Å². The molecule has 0 amide bonds. The Morgan fingerprint density at radius 1 is 1.29 bits per heavy atom. The number of hydrazine groups is 1. The smallest absolute Gasteiger partial charge is 0.0138 e. The molecule has 1 rings (SSSR count). The summed E-state index contributed by atoms with van der Waals surface area (Å²) >= 11 is 0. The van der Waals surface area contributed by atoms with Crippen molar-refractivity contribution in [3.05, 3.63) is 34.9 Å². The Hall–Kier alpha value is -0.860. The number of hydrogen-bond acceptors (Lipinski definition) is 2. The van der Waals surface area contributed by atoms with Crippen molar-refractivity contribution >= 4 is 0 Å². The van der Waals surface area contributed by atoms with Crippen molar-refractivity contribution in [2.45, 2.75) is 33.1 Å². The lowest BCUT2D eigenvalue weighted by molar-refractivity contribution is 0.720. The van der Waals surface area contributed by atoms with Crippen molar-refractivity contribution in [3.63, 3.8) is 0 Å². The number of rotatable bonds is 5. The molecule has 0 saturated heterocycles. The van der Waals surface area contributed by atoms with Crippen LogP contribution in [0.4, 0.5) is 0 Å². The van der Waals surface area contributed by atoms with Crippen molar-refractivity contribution in [2.75, 3.05) is 6.54 Å². The number of benzene rings is 1. The maximum Gasteiger partial charge on any atom is 0.0138 e. The molecule has 0 aliphatic carbocycles. The summed E-state index contributed by atoms with van der Waals surface area (Å²) in [5.74, 6) is 5.30. The van der Waals surface area contributed by atoms with Gasteiger partial charge in [0.25, 0.3) is 0 Å². The minimum absolute atomic E-state index is 0.849. The predicted octanol–water partition coefficient (Wildman–Crippen LogP) is 1.95. The summed E-state index contributed by atoms with van der Waals surface area (Å²) in [5.41, 5.74) is 7.03. The fourth-order valence-corrected chi connectivity index (χ4v) is 1.82. The monoisotopic (exact) mass is 192 g/mol. The number of aryl methyl sites for hydroxylation is 2. The first kappa shape index (κ1) is 11.2. The van der Waals surface area contributed by atoms with Crippen LogP contribution in [0, 0.1) is 6.92 Å². The van der Waals surface area contributed by atoms with Crippen LogP contribution in [0.2, 0.25) is 0 Å². The summed E-state index contributed by atoms with van der Waals surface area (Å²) in [6.07, 6.45) is 3.40. The Balaban J connectivity index is 2.84. The molecule has 0 bridgehead atoms. The Morgan fingerprint density at radius 3 is 2.71 bits per heavy atom. The normalized spacial score (nSPS) is 10.5. The van der Waals surface area contributed by atoms with Gasteiger partial charge in [0.1, 0.15) is 0 Å². The fraction of sp³-hybridized carbons (Fsp3) is 0.500. The summed E-state index contributed by atoms with van der Waals surface area (Å²) in [4.78, 5) is 0. The average Bonchev–Trinajstić information content (AvgIpc) is 2.18. The van der Waals surface area contributed by atoms with Crippen LogP contribution >= 0.6 is 0 Å². The second-order valence-electron chi connectivity index (χ2n) is 3.67. The summed E-state index contributed by atoms with van der Waals surface area (Å²) < 4.78 is 0. The molecule has 0 heterocycles. The van der Waals surface area contributed by atoms with E-state index in [0.717, 1.165) is 13.0 Å². The van der Waals surface area contributed by atoms with Crippen LogP contribution in [0.1, 0.15) is 30.0 Å². The van der Waals surface area contributed by atoms with Crippen molar-refractivity contribution in [2.24, 2.45) is 5.84 Å². The van der Waals surface area contributed by atoms with E-state index in [9.17, 15) is 0 Å².